The Labute approximate surface area is 103 Å². The van der Waals surface area contributed by atoms with Crippen LogP contribution in [0.4, 0.5) is 0 Å². The van der Waals surface area contributed by atoms with Crippen LogP contribution in [0.5, 0.6) is 0 Å². The Balaban J connectivity index is 2.05. The monoisotopic (exact) mass is 234 g/mol. The molecule has 94 valence electrons. The van der Waals surface area contributed by atoms with E-state index >= 15 is 0 Å². The van der Waals surface area contributed by atoms with Crippen molar-refractivity contribution in [3.63, 3.8) is 0 Å². The molecule has 3 aliphatic rings. The van der Waals surface area contributed by atoms with Gasteiger partial charge in [-0.15, -0.1) is 0 Å². The fraction of sp³-hybridized carbons (Fsp3) is 0.733. The molecule has 1 heterocycles. The molecule has 0 aromatic rings. The zero-order valence-electron chi connectivity index (χ0n) is 11.2. The van der Waals surface area contributed by atoms with Crippen LogP contribution in [0.3, 0.4) is 0 Å². The first-order valence-corrected chi connectivity index (χ1v) is 6.59. The summed E-state index contributed by atoms with van der Waals surface area (Å²) in [5.74, 6) is 0.614. The van der Waals surface area contributed by atoms with Gasteiger partial charge in [0.1, 0.15) is 11.7 Å². The first kappa shape index (κ1) is 11.5. The Bertz CT molecular complexity index is 421. The summed E-state index contributed by atoms with van der Waals surface area (Å²) < 4.78 is 5.89. The van der Waals surface area contributed by atoms with Gasteiger partial charge in [0.25, 0.3) is 0 Å². The molecule has 0 aromatic heterocycles. The number of ether oxygens (including phenoxy) is 1. The molecule has 2 heteroatoms. The van der Waals surface area contributed by atoms with E-state index in [1.807, 2.05) is 6.08 Å². The van der Waals surface area contributed by atoms with Crippen molar-refractivity contribution < 1.29 is 9.84 Å². The lowest BCUT2D eigenvalue weighted by Crippen LogP contribution is -2.47. The van der Waals surface area contributed by atoms with Gasteiger partial charge in [0.05, 0.1) is 5.60 Å². The SMILES string of the molecule is C[C@@H]1CC=CC2=C[C@H](O)[C@@]3(C[C@]21C)OC3(C)C. The highest BCUT2D eigenvalue weighted by Crippen LogP contribution is 2.62. The van der Waals surface area contributed by atoms with Gasteiger partial charge in [0.2, 0.25) is 0 Å². The number of aliphatic hydroxyl groups is 1. The molecule has 0 amide bonds. The van der Waals surface area contributed by atoms with Crippen molar-refractivity contribution in [3.05, 3.63) is 23.8 Å². The van der Waals surface area contributed by atoms with Crippen LogP contribution >= 0.6 is 0 Å². The summed E-state index contributed by atoms with van der Waals surface area (Å²) in [4.78, 5) is 0. The molecular weight excluding hydrogens is 212 g/mol. The Morgan fingerprint density at radius 1 is 1.35 bits per heavy atom. The second-order valence-corrected chi connectivity index (χ2v) is 6.70. The van der Waals surface area contributed by atoms with Crippen LogP contribution in [-0.4, -0.2) is 22.4 Å². The maximum Gasteiger partial charge on any atom is 0.127 e. The molecule has 1 saturated heterocycles. The topological polar surface area (TPSA) is 32.8 Å². The van der Waals surface area contributed by atoms with Crippen LogP contribution in [0, 0.1) is 11.3 Å². The average molecular weight is 234 g/mol. The van der Waals surface area contributed by atoms with E-state index in [9.17, 15) is 5.11 Å². The minimum absolute atomic E-state index is 0.155. The van der Waals surface area contributed by atoms with Crippen LogP contribution < -0.4 is 0 Å². The molecule has 1 spiro atoms. The van der Waals surface area contributed by atoms with Gasteiger partial charge in [0, 0.05) is 0 Å². The zero-order chi connectivity index (χ0) is 12.5. The molecule has 1 aliphatic heterocycles. The number of fused-ring (bicyclic) bond motifs is 1. The van der Waals surface area contributed by atoms with Crippen LogP contribution in [0.25, 0.3) is 0 Å². The van der Waals surface area contributed by atoms with Crippen LogP contribution in [-0.2, 0) is 4.74 Å². The van der Waals surface area contributed by atoms with Gasteiger partial charge < -0.3 is 9.84 Å². The average Bonchev–Trinajstić information content (AvgIpc) is 2.75. The smallest absolute Gasteiger partial charge is 0.127 e. The maximum atomic E-state index is 10.3. The van der Waals surface area contributed by atoms with E-state index in [4.69, 9.17) is 4.74 Å². The molecular formula is C15H22O2. The van der Waals surface area contributed by atoms with Crippen LogP contribution in [0.15, 0.2) is 23.8 Å². The lowest BCUT2D eigenvalue weighted by Gasteiger charge is -2.46. The van der Waals surface area contributed by atoms with Crippen molar-refractivity contribution in [3.8, 4) is 0 Å². The molecule has 0 saturated carbocycles. The summed E-state index contributed by atoms with van der Waals surface area (Å²) in [6.45, 7) is 8.79. The van der Waals surface area contributed by atoms with E-state index in [1.165, 1.54) is 5.57 Å². The second kappa shape index (κ2) is 3.04. The third-order valence-electron chi connectivity index (χ3n) is 5.39. The number of rotatable bonds is 0. The Hall–Kier alpha value is -0.600. The van der Waals surface area contributed by atoms with Crippen molar-refractivity contribution in [1.29, 1.82) is 0 Å². The number of epoxide rings is 1. The van der Waals surface area contributed by atoms with Gasteiger partial charge in [-0.2, -0.15) is 0 Å². The molecule has 4 atom stereocenters. The molecule has 17 heavy (non-hydrogen) atoms. The van der Waals surface area contributed by atoms with Gasteiger partial charge in [-0.1, -0.05) is 26.0 Å². The fourth-order valence-corrected chi connectivity index (χ4v) is 3.71. The van der Waals surface area contributed by atoms with Crippen molar-refractivity contribution in [2.45, 2.75) is 57.8 Å². The minimum Gasteiger partial charge on any atom is -0.386 e. The van der Waals surface area contributed by atoms with E-state index in [0.29, 0.717) is 5.92 Å². The predicted octanol–water partition coefficient (Wildman–Crippen LogP) is 2.83. The van der Waals surface area contributed by atoms with Crippen LogP contribution in [0.2, 0.25) is 0 Å². The van der Waals surface area contributed by atoms with Gasteiger partial charge in [0.15, 0.2) is 0 Å². The predicted molar refractivity (Wildman–Crippen MR) is 67.6 cm³/mol. The summed E-state index contributed by atoms with van der Waals surface area (Å²) >= 11 is 0. The van der Waals surface area contributed by atoms with Crippen molar-refractivity contribution >= 4 is 0 Å². The van der Waals surface area contributed by atoms with E-state index in [1.54, 1.807) is 0 Å². The van der Waals surface area contributed by atoms with E-state index < -0.39 is 6.10 Å². The standard InChI is InChI=1S/C15H22O2/c1-10-6-5-7-11-8-12(16)15(9-14(10,11)4)13(2,3)17-15/h5,7-8,10,12,16H,6,9H2,1-4H3/t10-,12+,14+,15-/m1/s1. The number of hydrogen-bond acceptors (Lipinski definition) is 2. The molecule has 2 aliphatic carbocycles. The molecule has 0 bridgehead atoms. The van der Waals surface area contributed by atoms with Gasteiger partial charge in [-0.05, 0) is 49.7 Å². The molecule has 1 N–H and O–H groups in total. The highest BCUT2D eigenvalue weighted by atomic mass is 16.6. The third kappa shape index (κ3) is 1.28. The van der Waals surface area contributed by atoms with Gasteiger partial charge in [-0.25, -0.2) is 0 Å². The number of hydrogen-bond donors (Lipinski definition) is 1. The Morgan fingerprint density at radius 2 is 2.00 bits per heavy atom. The highest BCUT2D eigenvalue weighted by Gasteiger charge is 2.70. The van der Waals surface area contributed by atoms with Gasteiger partial charge >= 0.3 is 0 Å². The van der Waals surface area contributed by atoms with Crippen molar-refractivity contribution in [1.82, 2.24) is 0 Å². The summed E-state index contributed by atoms with van der Waals surface area (Å²) in [5, 5.41) is 10.3. The number of aliphatic hydroxyl groups excluding tert-OH is 1. The third-order valence-corrected chi connectivity index (χ3v) is 5.39. The van der Waals surface area contributed by atoms with E-state index in [2.05, 4.69) is 39.8 Å². The lowest BCUT2D eigenvalue weighted by molar-refractivity contribution is 0.0489. The lowest BCUT2D eigenvalue weighted by atomic mass is 9.58. The molecule has 2 nitrogen and oxygen atoms in total. The Morgan fingerprint density at radius 3 is 2.59 bits per heavy atom. The normalized spacial score (nSPS) is 51.0. The summed E-state index contributed by atoms with van der Waals surface area (Å²) in [6, 6.07) is 0. The second-order valence-electron chi connectivity index (χ2n) is 6.70. The first-order chi connectivity index (χ1) is 7.82. The highest BCUT2D eigenvalue weighted by molar-refractivity contribution is 5.39. The Kier molecular flexibility index (Phi) is 2.06. The minimum atomic E-state index is -0.462. The van der Waals surface area contributed by atoms with E-state index in [-0.39, 0.29) is 16.6 Å². The number of allylic oxidation sites excluding steroid dienone is 3. The largest absolute Gasteiger partial charge is 0.386 e. The van der Waals surface area contributed by atoms with Crippen molar-refractivity contribution in [2.75, 3.05) is 0 Å². The molecule has 0 aromatic carbocycles. The maximum absolute atomic E-state index is 10.3. The summed E-state index contributed by atoms with van der Waals surface area (Å²) in [6.07, 6.45) is 8.03. The van der Waals surface area contributed by atoms with E-state index in [0.717, 1.165) is 12.8 Å². The summed E-state index contributed by atoms with van der Waals surface area (Å²) in [5.41, 5.74) is 0.922. The summed E-state index contributed by atoms with van der Waals surface area (Å²) in [7, 11) is 0. The fourth-order valence-electron chi connectivity index (χ4n) is 3.71. The molecule has 0 unspecified atom stereocenters. The molecule has 0 radical (unpaired) electrons. The van der Waals surface area contributed by atoms with Crippen LogP contribution in [0.1, 0.15) is 40.5 Å². The molecule has 1 fully saturated rings. The van der Waals surface area contributed by atoms with Crippen molar-refractivity contribution in [2.24, 2.45) is 11.3 Å². The van der Waals surface area contributed by atoms with Gasteiger partial charge in [-0.3, -0.25) is 0 Å². The first-order valence-electron chi connectivity index (χ1n) is 6.59. The molecule has 3 rings (SSSR count). The quantitative estimate of drug-likeness (QED) is 0.654. The zero-order valence-corrected chi connectivity index (χ0v) is 11.2.